The Bertz CT molecular complexity index is 1110. The number of rotatable bonds is 6. The van der Waals surface area contributed by atoms with E-state index in [-0.39, 0.29) is 17.5 Å². The number of benzene rings is 2. The Kier molecular flexibility index (Phi) is 6.41. The van der Waals surface area contributed by atoms with E-state index in [1.807, 2.05) is 31.2 Å². The van der Waals surface area contributed by atoms with E-state index >= 15 is 0 Å². The molecular weight excluding hydrogens is 427 g/mol. The molecule has 1 N–H and O–H groups in total. The van der Waals surface area contributed by atoms with Crippen LogP contribution < -0.4 is 5.32 Å². The number of halogens is 1. The van der Waals surface area contributed by atoms with Gasteiger partial charge in [0.2, 0.25) is 5.91 Å². The summed E-state index contributed by atoms with van der Waals surface area (Å²) in [6.45, 7) is 5.99. The predicted molar refractivity (Wildman–Crippen MR) is 127 cm³/mol. The number of hydrogen-bond donors (Lipinski definition) is 1. The smallest absolute Gasteiger partial charge is 0.259 e. The van der Waals surface area contributed by atoms with Crippen LogP contribution in [0.1, 0.15) is 39.2 Å². The van der Waals surface area contributed by atoms with Gasteiger partial charge >= 0.3 is 0 Å². The molecule has 2 aromatic carbocycles. The Morgan fingerprint density at radius 1 is 1.19 bits per heavy atom. The van der Waals surface area contributed by atoms with Crippen LogP contribution in [0.4, 0.5) is 15.8 Å². The summed E-state index contributed by atoms with van der Waals surface area (Å²) in [6, 6.07) is 13.1. The number of anilines is 1. The first-order chi connectivity index (χ1) is 15.4. The highest BCUT2D eigenvalue weighted by Crippen LogP contribution is 2.36. The second kappa shape index (κ2) is 9.24. The van der Waals surface area contributed by atoms with Crippen molar-refractivity contribution in [2.24, 2.45) is 15.9 Å². The second-order valence-corrected chi connectivity index (χ2v) is 9.34. The number of carbonyl (C=O) groups excluding carboxylic acids is 2. The first-order valence-electron chi connectivity index (χ1n) is 10.7. The highest BCUT2D eigenvalue weighted by atomic mass is 32.2. The van der Waals surface area contributed by atoms with Crippen LogP contribution in [0.5, 0.6) is 0 Å². The minimum Gasteiger partial charge on any atom is -0.323 e. The number of amidine groups is 2. The number of carbonyl (C=O) groups is 2. The Morgan fingerprint density at radius 2 is 1.91 bits per heavy atom. The molecule has 8 heteroatoms. The van der Waals surface area contributed by atoms with E-state index in [2.05, 4.69) is 19.2 Å². The molecule has 2 aliphatic rings. The number of hydrogen-bond acceptors (Lipinski definition) is 5. The van der Waals surface area contributed by atoms with E-state index in [1.165, 1.54) is 23.9 Å². The van der Waals surface area contributed by atoms with Gasteiger partial charge in [0.25, 0.3) is 5.91 Å². The van der Waals surface area contributed by atoms with Gasteiger partial charge < -0.3 is 5.32 Å². The van der Waals surface area contributed by atoms with Crippen LogP contribution in [0.2, 0.25) is 0 Å². The summed E-state index contributed by atoms with van der Waals surface area (Å²) in [5.41, 5.74) is 1.65. The van der Waals surface area contributed by atoms with E-state index in [4.69, 9.17) is 9.98 Å². The molecule has 2 aromatic rings. The van der Waals surface area contributed by atoms with Gasteiger partial charge in [0.05, 0.1) is 16.6 Å². The number of aliphatic imine (C=N–C) groups is 2. The van der Waals surface area contributed by atoms with E-state index in [1.54, 1.807) is 17.0 Å². The van der Waals surface area contributed by atoms with Crippen LogP contribution in [-0.2, 0) is 9.59 Å². The molecule has 0 saturated heterocycles. The van der Waals surface area contributed by atoms with Crippen molar-refractivity contribution in [1.29, 1.82) is 0 Å². The van der Waals surface area contributed by atoms with Gasteiger partial charge in [0.15, 0.2) is 5.17 Å². The lowest BCUT2D eigenvalue weighted by Gasteiger charge is -2.27. The molecule has 2 atom stereocenters. The average Bonchev–Trinajstić information content (AvgIpc) is 3.09. The van der Waals surface area contributed by atoms with Crippen LogP contribution in [0.15, 0.2) is 58.5 Å². The van der Waals surface area contributed by atoms with Crippen molar-refractivity contribution in [3.05, 3.63) is 59.9 Å². The molecular formula is C24H25FN4O2S. The lowest BCUT2D eigenvalue weighted by atomic mass is 10.0. The van der Waals surface area contributed by atoms with Gasteiger partial charge in [-0.1, -0.05) is 56.8 Å². The molecule has 6 nitrogen and oxygen atoms in total. The Labute approximate surface area is 191 Å². The third kappa shape index (κ3) is 4.32. The predicted octanol–water partition coefficient (Wildman–Crippen LogP) is 4.98. The van der Waals surface area contributed by atoms with E-state index < -0.39 is 17.1 Å². The zero-order valence-corrected chi connectivity index (χ0v) is 19.0. The Balaban J connectivity index is 1.63. The molecule has 0 radical (unpaired) electrons. The number of para-hydroxylation sites is 2. The van der Waals surface area contributed by atoms with Gasteiger partial charge in [-0.05, 0) is 43.0 Å². The first-order valence-corrected chi connectivity index (χ1v) is 11.6. The molecule has 2 heterocycles. The lowest BCUT2D eigenvalue weighted by Crippen LogP contribution is -2.42. The summed E-state index contributed by atoms with van der Waals surface area (Å²) in [6.07, 6.45) is 1.12. The largest absolute Gasteiger partial charge is 0.323 e. The number of nitrogens with zero attached hydrogens (tertiary/aromatic N) is 3. The Morgan fingerprint density at radius 3 is 2.62 bits per heavy atom. The van der Waals surface area contributed by atoms with Gasteiger partial charge in [-0.15, -0.1) is 0 Å². The SMILES string of the molecule is CC[C@@H](SC1=Nc2ccccc2C2=N[C@H](CC(C)C)C(=O)N12)C(=O)Nc1ccccc1F. The molecule has 0 bridgehead atoms. The minimum atomic E-state index is -0.559. The summed E-state index contributed by atoms with van der Waals surface area (Å²) >= 11 is 1.20. The molecule has 0 fully saturated rings. The molecule has 0 aromatic heterocycles. The highest BCUT2D eigenvalue weighted by molar-refractivity contribution is 8.15. The third-order valence-electron chi connectivity index (χ3n) is 5.28. The molecule has 4 rings (SSSR count). The normalized spacial score (nSPS) is 18.1. The topological polar surface area (TPSA) is 74.1 Å². The van der Waals surface area contributed by atoms with Crippen molar-refractivity contribution < 1.29 is 14.0 Å². The minimum absolute atomic E-state index is 0.126. The first kappa shape index (κ1) is 22.2. The Hall–Kier alpha value is -3.00. The molecule has 0 unspecified atom stereocenters. The van der Waals surface area contributed by atoms with Gasteiger partial charge in [-0.2, -0.15) is 0 Å². The molecule has 0 spiro atoms. The average molecular weight is 453 g/mol. The maximum Gasteiger partial charge on any atom is 0.259 e. The van der Waals surface area contributed by atoms with Crippen molar-refractivity contribution >= 4 is 46.0 Å². The van der Waals surface area contributed by atoms with Crippen molar-refractivity contribution in [3.8, 4) is 0 Å². The zero-order valence-electron chi connectivity index (χ0n) is 18.2. The van der Waals surface area contributed by atoms with E-state index in [0.29, 0.717) is 35.5 Å². The summed E-state index contributed by atoms with van der Waals surface area (Å²) in [5.74, 6) is -0.0665. The summed E-state index contributed by atoms with van der Waals surface area (Å²) in [5, 5.41) is 2.52. The maximum atomic E-state index is 14.0. The fourth-order valence-electron chi connectivity index (χ4n) is 3.71. The molecule has 2 aliphatic heterocycles. The standard InChI is InChI=1S/C24H25FN4O2S/c1-4-20(22(30)27-18-12-8-6-10-16(18)25)32-24-28-17-11-7-5-9-15(17)21-26-19(13-14(2)3)23(31)29(21)24/h5-12,14,19-20H,4,13H2,1-3H3,(H,27,30)/t19-,20-/m1/s1. The molecule has 32 heavy (non-hydrogen) atoms. The van der Waals surface area contributed by atoms with Crippen molar-refractivity contribution in [3.63, 3.8) is 0 Å². The monoisotopic (exact) mass is 452 g/mol. The van der Waals surface area contributed by atoms with Gasteiger partial charge in [0, 0.05) is 5.56 Å². The highest BCUT2D eigenvalue weighted by Gasteiger charge is 2.42. The van der Waals surface area contributed by atoms with Crippen LogP contribution in [0.3, 0.4) is 0 Å². The van der Waals surface area contributed by atoms with Crippen molar-refractivity contribution in [1.82, 2.24) is 4.90 Å². The number of thioether (sulfide) groups is 1. The maximum absolute atomic E-state index is 14.0. The molecule has 0 saturated carbocycles. The molecule has 166 valence electrons. The number of nitrogens with one attached hydrogen (secondary N) is 1. The fourth-order valence-corrected chi connectivity index (χ4v) is 4.73. The van der Waals surface area contributed by atoms with Gasteiger partial charge in [-0.25, -0.2) is 14.3 Å². The van der Waals surface area contributed by atoms with Crippen LogP contribution >= 0.6 is 11.8 Å². The third-order valence-corrected chi connectivity index (χ3v) is 6.60. The quantitative estimate of drug-likeness (QED) is 0.672. The fraction of sp³-hybridized carbons (Fsp3) is 0.333. The van der Waals surface area contributed by atoms with Crippen LogP contribution in [-0.4, -0.2) is 39.0 Å². The zero-order chi connectivity index (χ0) is 22.8. The summed E-state index contributed by atoms with van der Waals surface area (Å²) < 4.78 is 14.0. The van der Waals surface area contributed by atoms with Crippen molar-refractivity contribution in [2.75, 3.05) is 5.32 Å². The van der Waals surface area contributed by atoms with Crippen LogP contribution in [0, 0.1) is 11.7 Å². The molecule has 2 amide bonds. The lowest BCUT2D eigenvalue weighted by molar-refractivity contribution is -0.125. The number of amides is 2. The van der Waals surface area contributed by atoms with E-state index in [9.17, 15) is 14.0 Å². The summed E-state index contributed by atoms with van der Waals surface area (Å²) in [7, 11) is 0. The van der Waals surface area contributed by atoms with Crippen LogP contribution in [0.25, 0.3) is 0 Å². The van der Waals surface area contributed by atoms with Crippen molar-refractivity contribution in [2.45, 2.75) is 44.9 Å². The molecule has 0 aliphatic carbocycles. The second-order valence-electron chi connectivity index (χ2n) is 8.17. The number of fused-ring (bicyclic) bond motifs is 3. The van der Waals surface area contributed by atoms with E-state index in [0.717, 1.165) is 5.56 Å². The van der Waals surface area contributed by atoms with Gasteiger partial charge in [-0.3, -0.25) is 14.6 Å². The summed E-state index contributed by atoms with van der Waals surface area (Å²) in [4.78, 5) is 37.1. The van der Waals surface area contributed by atoms with Gasteiger partial charge in [0.1, 0.15) is 17.7 Å².